The molecule has 1 N–H and O–H groups in total. The van der Waals surface area contributed by atoms with Crippen molar-refractivity contribution in [1.29, 1.82) is 0 Å². The zero-order chi connectivity index (χ0) is 15.4. The topological polar surface area (TPSA) is 86.0 Å². The van der Waals surface area contributed by atoms with Gasteiger partial charge in [-0.2, -0.15) is 5.10 Å². The van der Waals surface area contributed by atoms with E-state index >= 15 is 0 Å². The van der Waals surface area contributed by atoms with Gasteiger partial charge in [-0.25, -0.2) is 0 Å². The minimum atomic E-state index is -0.449. The Labute approximate surface area is 126 Å². The Balaban J connectivity index is 1.69. The van der Waals surface area contributed by atoms with Crippen LogP contribution in [0, 0.1) is 10.1 Å². The minimum absolute atomic E-state index is 0.0135. The second kappa shape index (κ2) is 6.13. The summed E-state index contributed by atoms with van der Waals surface area (Å²) in [5.41, 5.74) is 4.15. The van der Waals surface area contributed by atoms with Crippen molar-refractivity contribution in [2.24, 2.45) is 5.10 Å². The Kier molecular flexibility index (Phi) is 3.86. The molecule has 7 heteroatoms. The number of non-ortho nitro benzene ring substituents is 1. The van der Waals surface area contributed by atoms with E-state index in [0.29, 0.717) is 24.7 Å². The van der Waals surface area contributed by atoms with E-state index in [9.17, 15) is 10.1 Å². The number of hydrazone groups is 1. The fourth-order valence-corrected chi connectivity index (χ4v) is 2.01. The van der Waals surface area contributed by atoms with Crippen LogP contribution in [-0.2, 0) is 0 Å². The summed E-state index contributed by atoms with van der Waals surface area (Å²) in [4.78, 5) is 10.2. The Morgan fingerprint density at radius 2 is 1.95 bits per heavy atom. The number of hydrogen-bond donors (Lipinski definition) is 1. The van der Waals surface area contributed by atoms with Gasteiger partial charge in [-0.05, 0) is 29.8 Å². The van der Waals surface area contributed by atoms with Crippen LogP contribution in [0.25, 0.3) is 0 Å². The fourth-order valence-electron chi connectivity index (χ4n) is 2.01. The van der Waals surface area contributed by atoms with E-state index in [1.54, 1.807) is 18.3 Å². The van der Waals surface area contributed by atoms with E-state index < -0.39 is 4.92 Å². The summed E-state index contributed by atoms with van der Waals surface area (Å²) < 4.78 is 10.9. The van der Waals surface area contributed by atoms with Crippen molar-refractivity contribution in [3.63, 3.8) is 0 Å². The predicted octanol–water partition coefficient (Wildman–Crippen LogP) is 2.81. The molecule has 0 aromatic heterocycles. The van der Waals surface area contributed by atoms with Gasteiger partial charge in [0.1, 0.15) is 13.2 Å². The van der Waals surface area contributed by atoms with Crippen LogP contribution in [0.2, 0.25) is 0 Å². The third-order valence-electron chi connectivity index (χ3n) is 3.03. The summed E-state index contributed by atoms with van der Waals surface area (Å²) in [5.74, 6) is 1.40. The van der Waals surface area contributed by atoms with Crippen molar-refractivity contribution in [2.75, 3.05) is 18.6 Å². The molecule has 1 aliphatic heterocycles. The first-order valence-electron chi connectivity index (χ1n) is 6.65. The van der Waals surface area contributed by atoms with Crippen LogP contribution < -0.4 is 14.9 Å². The molecule has 2 aromatic rings. The first kappa shape index (κ1) is 13.9. The number of rotatable bonds is 4. The monoisotopic (exact) mass is 299 g/mol. The third-order valence-corrected chi connectivity index (χ3v) is 3.03. The maximum atomic E-state index is 10.7. The van der Waals surface area contributed by atoms with Gasteiger partial charge in [0, 0.05) is 12.1 Å². The molecule has 7 nitrogen and oxygen atoms in total. The maximum Gasteiger partial charge on any atom is 0.271 e. The molecule has 3 rings (SSSR count). The molecule has 112 valence electrons. The van der Waals surface area contributed by atoms with E-state index in [4.69, 9.17) is 9.47 Å². The largest absolute Gasteiger partial charge is 0.486 e. The summed E-state index contributed by atoms with van der Waals surface area (Å²) in [7, 11) is 0. The molecule has 0 radical (unpaired) electrons. The van der Waals surface area contributed by atoms with Crippen LogP contribution in [0.1, 0.15) is 5.56 Å². The van der Waals surface area contributed by atoms with Crippen molar-refractivity contribution in [1.82, 2.24) is 0 Å². The van der Waals surface area contributed by atoms with Gasteiger partial charge in [0.05, 0.1) is 16.8 Å². The van der Waals surface area contributed by atoms with Crippen molar-refractivity contribution in [3.8, 4) is 11.5 Å². The van der Waals surface area contributed by atoms with Crippen LogP contribution in [0.5, 0.6) is 11.5 Å². The summed E-state index contributed by atoms with van der Waals surface area (Å²) in [6, 6.07) is 11.6. The highest BCUT2D eigenvalue weighted by Crippen LogP contribution is 2.30. The molecular weight excluding hydrogens is 286 g/mol. The third kappa shape index (κ3) is 3.14. The highest BCUT2D eigenvalue weighted by atomic mass is 16.6. The summed E-state index contributed by atoms with van der Waals surface area (Å²) in [6.45, 7) is 1.08. The molecule has 0 saturated heterocycles. The lowest BCUT2D eigenvalue weighted by Crippen LogP contribution is -2.15. The molecule has 1 heterocycles. The lowest BCUT2D eigenvalue weighted by Gasteiger charge is -2.18. The molecule has 0 amide bonds. The quantitative estimate of drug-likeness (QED) is 0.533. The molecule has 0 saturated carbocycles. The molecule has 0 aliphatic carbocycles. The van der Waals surface area contributed by atoms with E-state index in [2.05, 4.69) is 10.5 Å². The fraction of sp³-hybridized carbons (Fsp3) is 0.133. The number of fused-ring (bicyclic) bond motifs is 1. The zero-order valence-corrected chi connectivity index (χ0v) is 11.6. The second-order valence-corrected chi connectivity index (χ2v) is 4.58. The number of benzene rings is 2. The predicted molar refractivity (Wildman–Crippen MR) is 81.7 cm³/mol. The molecule has 22 heavy (non-hydrogen) atoms. The first-order valence-corrected chi connectivity index (χ1v) is 6.65. The van der Waals surface area contributed by atoms with Crippen molar-refractivity contribution < 1.29 is 14.4 Å². The van der Waals surface area contributed by atoms with Gasteiger partial charge >= 0.3 is 0 Å². The maximum absolute atomic E-state index is 10.7. The Bertz CT molecular complexity index is 730. The average molecular weight is 299 g/mol. The highest BCUT2D eigenvalue weighted by Gasteiger charge is 2.10. The number of ether oxygens (including phenoxy) is 2. The SMILES string of the molecule is O=[N+]([O-])c1cccc(N/N=C/c2ccc3c(c2)OCCO3)c1. The molecule has 1 aliphatic rings. The molecule has 0 atom stereocenters. The molecule has 0 bridgehead atoms. The standard InChI is InChI=1S/C15H13N3O4/c19-18(20)13-3-1-2-12(9-13)17-16-10-11-4-5-14-15(8-11)22-7-6-21-14/h1-5,8-10,17H,6-7H2/b16-10+. The van der Waals surface area contributed by atoms with Crippen molar-refractivity contribution in [2.45, 2.75) is 0 Å². The normalized spacial score (nSPS) is 13.1. The molecular formula is C15H13N3O4. The van der Waals surface area contributed by atoms with E-state index in [0.717, 1.165) is 11.3 Å². The summed E-state index contributed by atoms with van der Waals surface area (Å²) >= 11 is 0. The van der Waals surface area contributed by atoms with E-state index in [1.165, 1.54) is 12.1 Å². The van der Waals surface area contributed by atoms with Gasteiger partial charge in [0.25, 0.3) is 5.69 Å². The van der Waals surface area contributed by atoms with Gasteiger partial charge in [-0.15, -0.1) is 0 Å². The van der Waals surface area contributed by atoms with Crippen molar-refractivity contribution >= 4 is 17.6 Å². The number of anilines is 1. The smallest absolute Gasteiger partial charge is 0.271 e. The van der Waals surface area contributed by atoms with Gasteiger partial charge in [0.15, 0.2) is 11.5 Å². The van der Waals surface area contributed by atoms with Crippen molar-refractivity contribution in [3.05, 3.63) is 58.1 Å². The Hall–Kier alpha value is -3.09. The van der Waals surface area contributed by atoms with Crippen LogP contribution in [0.4, 0.5) is 11.4 Å². The highest BCUT2D eigenvalue weighted by molar-refractivity contribution is 5.81. The molecule has 0 spiro atoms. The van der Waals surface area contributed by atoms with Crippen LogP contribution in [-0.4, -0.2) is 24.4 Å². The number of nitrogens with one attached hydrogen (secondary N) is 1. The Morgan fingerprint density at radius 1 is 1.14 bits per heavy atom. The lowest BCUT2D eigenvalue weighted by atomic mass is 10.2. The molecule has 0 unspecified atom stereocenters. The molecule has 2 aromatic carbocycles. The van der Waals surface area contributed by atoms with E-state index in [-0.39, 0.29) is 5.69 Å². The Morgan fingerprint density at radius 3 is 2.77 bits per heavy atom. The zero-order valence-electron chi connectivity index (χ0n) is 11.6. The van der Waals surface area contributed by atoms with E-state index in [1.807, 2.05) is 18.2 Å². The number of nitro benzene ring substituents is 1. The number of hydrogen-bond acceptors (Lipinski definition) is 6. The van der Waals surface area contributed by atoms with Crippen LogP contribution in [0.15, 0.2) is 47.6 Å². The van der Waals surface area contributed by atoms with Gasteiger partial charge < -0.3 is 9.47 Å². The van der Waals surface area contributed by atoms with Crippen LogP contribution in [0.3, 0.4) is 0 Å². The average Bonchev–Trinajstić information content (AvgIpc) is 2.55. The van der Waals surface area contributed by atoms with Gasteiger partial charge in [-0.3, -0.25) is 15.5 Å². The van der Waals surface area contributed by atoms with Gasteiger partial charge in [0.2, 0.25) is 0 Å². The minimum Gasteiger partial charge on any atom is -0.486 e. The summed E-state index contributed by atoms with van der Waals surface area (Å²) in [6.07, 6.45) is 1.61. The first-order chi connectivity index (χ1) is 10.7. The lowest BCUT2D eigenvalue weighted by molar-refractivity contribution is -0.384. The number of nitro groups is 1. The second-order valence-electron chi connectivity index (χ2n) is 4.58. The summed E-state index contributed by atoms with van der Waals surface area (Å²) in [5, 5.41) is 14.8. The van der Waals surface area contributed by atoms with Gasteiger partial charge in [-0.1, -0.05) is 6.07 Å². The van der Waals surface area contributed by atoms with Crippen LogP contribution >= 0.6 is 0 Å². The molecule has 0 fully saturated rings. The number of nitrogens with zero attached hydrogens (tertiary/aromatic N) is 2.